The number of rotatable bonds is 3. The molecule has 1 amide bonds. The minimum atomic E-state index is -0.791. The first-order valence-corrected chi connectivity index (χ1v) is 7.72. The predicted molar refractivity (Wildman–Crippen MR) is 70.5 cm³/mol. The first kappa shape index (κ1) is 12.9. The Morgan fingerprint density at radius 1 is 0.895 bits per heavy atom. The van der Waals surface area contributed by atoms with Gasteiger partial charge in [0.15, 0.2) is 0 Å². The van der Waals surface area contributed by atoms with Crippen LogP contribution >= 0.6 is 0 Å². The van der Waals surface area contributed by atoms with E-state index in [1.807, 2.05) is 4.90 Å². The van der Waals surface area contributed by atoms with E-state index in [1.165, 1.54) is 25.7 Å². The number of likely N-dealkylation sites (tertiary alicyclic amines) is 1. The van der Waals surface area contributed by atoms with Crippen LogP contribution in [0.1, 0.15) is 51.4 Å². The number of carbonyl (C=O) groups is 2. The highest BCUT2D eigenvalue weighted by Gasteiger charge is 2.46. The summed E-state index contributed by atoms with van der Waals surface area (Å²) in [6.07, 6.45) is 8.76. The molecule has 4 nitrogen and oxygen atoms in total. The fraction of sp³-hybridized carbons (Fsp3) is 0.867. The second kappa shape index (κ2) is 5.14. The topological polar surface area (TPSA) is 57.6 Å². The average Bonchev–Trinajstić information content (AvgIpc) is 2.97. The van der Waals surface area contributed by atoms with E-state index in [9.17, 15) is 9.59 Å². The minimum absolute atomic E-state index is 0.132. The van der Waals surface area contributed by atoms with Crippen molar-refractivity contribution >= 4 is 11.9 Å². The fourth-order valence-electron chi connectivity index (χ4n) is 4.20. The van der Waals surface area contributed by atoms with E-state index >= 15 is 0 Å². The van der Waals surface area contributed by atoms with Crippen LogP contribution in [0.4, 0.5) is 0 Å². The van der Waals surface area contributed by atoms with Gasteiger partial charge < -0.3 is 10.0 Å². The van der Waals surface area contributed by atoms with Gasteiger partial charge in [-0.15, -0.1) is 0 Å². The van der Waals surface area contributed by atoms with Crippen molar-refractivity contribution in [3.05, 3.63) is 0 Å². The molecule has 1 N–H and O–H groups in total. The highest BCUT2D eigenvalue weighted by molar-refractivity contribution is 5.86. The monoisotopic (exact) mass is 265 g/mol. The second-order valence-electron chi connectivity index (χ2n) is 6.41. The zero-order valence-electron chi connectivity index (χ0n) is 11.4. The van der Waals surface area contributed by atoms with Gasteiger partial charge in [0.1, 0.15) is 0 Å². The van der Waals surface area contributed by atoms with Gasteiger partial charge in [-0.2, -0.15) is 0 Å². The number of carboxylic acid groups (broad SMARTS) is 1. The molecule has 106 valence electrons. The van der Waals surface area contributed by atoms with Gasteiger partial charge in [0.2, 0.25) is 5.91 Å². The van der Waals surface area contributed by atoms with Gasteiger partial charge >= 0.3 is 5.97 Å². The standard InChI is InChI=1S/C15H23NO3/c17-14(11-7-8-12(11)15(18)19)16-9-3-6-13(16)10-4-1-2-5-10/h10-13H,1-9H2,(H,18,19). The van der Waals surface area contributed by atoms with E-state index in [-0.39, 0.29) is 11.8 Å². The summed E-state index contributed by atoms with van der Waals surface area (Å²) in [6, 6.07) is 0.407. The van der Waals surface area contributed by atoms with Crippen molar-refractivity contribution in [1.29, 1.82) is 0 Å². The molecule has 0 spiro atoms. The maximum atomic E-state index is 12.6. The zero-order chi connectivity index (χ0) is 13.4. The first-order chi connectivity index (χ1) is 9.18. The number of carbonyl (C=O) groups excluding carboxylic acids is 1. The van der Waals surface area contributed by atoms with Crippen LogP contribution in [0.5, 0.6) is 0 Å². The Bertz CT molecular complexity index is 376. The molecule has 3 aliphatic rings. The van der Waals surface area contributed by atoms with E-state index in [0.717, 1.165) is 25.8 Å². The summed E-state index contributed by atoms with van der Waals surface area (Å²) in [4.78, 5) is 25.7. The molecule has 3 atom stereocenters. The molecule has 2 saturated carbocycles. The smallest absolute Gasteiger partial charge is 0.307 e. The largest absolute Gasteiger partial charge is 0.481 e. The van der Waals surface area contributed by atoms with Crippen molar-refractivity contribution < 1.29 is 14.7 Å². The van der Waals surface area contributed by atoms with Crippen LogP contribution in [0.25, 0.3) is 0 Å². The lowest BCUT2D eigenvalue weighted by molar-refractivity contribution is -0.157. The zero-order valence-corrected chi connectivity index (χ0v) is 11.4. The van der Waals surface area contributed by atoms with Gasteiger partial charge in [0.05, 0.1) is 11.8 Å². The van der Waals surface area contributed by atoms with E-state index in [1.54, 1.807) is 0 Å². The number of amides is 1. The summed E-state index contributed by atoms with van der Waals surface area (Å²) in [5.41, 5.74) is 0. The number of carboxylic acids is 1. The summed E-state index contributed by atoms with van der Waals surface area (Å²) in [7, 11) is 0. The molecule has 3 unspecified atom stereocenters. The maximum Gasteiger partial charge on any atom is 0.307 e. The summed E-state index contributed by atoms with van der Waals surface area (Å²) >= 11 is 0. The number of hydrogen-bond acceptors (Lipinski definition) is 2. The first-order valence-electron chi connectivity index (χ1n) is 7.72. The highest BCUT2D eigenvalue weighted by Crippen LogP contribution is 2.40. The molecule has 1 aliphatic heterocycles. The van der Waals surface area contributed by atoms with Gasteiger partial charge in [-0.1, -0.05) is 12.8 Å². The van der Waals surface area contributed by atoms with E-state index in [0.29, 0.717) is 18.4 Å². The predicted octanol–water partition coefficient (Wildman–Crippen LogP) is 2.28. The summed E-state index contributed by atoms with van der Waals surface area (Å²) in [5.74, 6) is -0.638. The lowest BCUT2D eigenvalue weighted by atomic mass is 9.72. The molecule has 0 aromatic heterocycles. The molecule has 0 radical (unpaired) electrons. The number of nitrogens with zero attached hydrogens (tertiary/aromatic N) is 1. The molecule has 19 heavy (non-hydrogen) atoms. The van der Waals surface area contributed by atoms with Crippen molar-refractivity contribution in [2.45, 2.75) is 57.4 Å². The van der Waals surface area contributed by atoms with Crippen LogP contribution in [0.3, 0.4) is 0 Å². The average molecular weight is 265 g/mol. The lowest BCUT2D eigenvalue weighted by Crippen LogP contribution is -2.49. The number of hydrogen-bond donors (Lipinski definition) is 1. The summed E-state index contributed by atoms with van der Waals surface area (Å²) < 4.78 is 0. The Balaban J connectivity index is 1.66. The molecular weight excluding hydrogens is 242 g/mol. The van der Waals surface area contributed by atoms with Crippen LogP contribution in [0.2, 0.25) is 0 Å². The number of aliphatic carboxylic acids is 1. The third kappa shape index (κ3) is 2.26. The van der Waals surface area contributed by atoms with Crippen LogP contribution < -0.4 is 0 Å². The molecule has 1 saturated heterocycles. The molecule has 1 heterocycles. The Labute approximate surface area is 114 Å². The Morgan fingerprint density at radius 2 is 1.58 bits per heavy atom. The molecule has 3 fully saturated rings. The molecule has 0 bridgehead atoms. The fourth-order valence-corrected chi connectivity index (χ4v) is 4.20. The van der Waals surface area contributed by atoms with E-state index < -0.39 is 11.9 Å². The second-order valence-corrected chi connectivity index (χ2v) is 6.41. The van der Waals surface area contributed by atoms with Crippen LogP contribution in [-0.2, 0) is 9.59 Å². The van der Waals surface area contributed by atoms with Crippen molar-refractivity contribution in [2.75, 3.05) is 6.54 Å². The quantitative estimate of drug-likeness (QED) is 0.851. The van der Waals surface area contributed by atoms with Crippen LogP contribution in [0.15, 0.2) is 0 Å². The van der Waals surface area contributed by atoms with Gasteiger partial charge in [-0.3, -0.25) is 9.59 Å². The third-order valence-corrected chi connectivity index (χ3v) is 5.44. The van der Waals surface area contributed by atoms with Crippen molar-refractivity contribution in [2.24, 2.45) is 17.8 Å². The Morgan fingerprint density at radius 3 is 2.16 bits per heavy atom. The summed E-state index contributed by atoms with van der Waals surface area (Å²) in [5, 5.41) is 9.10. The van der Waals surface area contributed by atoms with E-state index in [2.05, 4.69) is 0 Å². The van der Waals surface area contributed by atoms with Gasteiger partial charge in [0, 0.05) is 12.6 Å². The van der Waals surface area contributed by atoms with Crippen molar-refractivity contribution in [1.82, 2.24) is 4.90 Å². The SMILES string of the molecule is O=C(O)C1CCC1C(=O)N1CCCC1C1CCCC1. The van der Waals surface area contributed by atoms with Crippen LogP contribution in [-0.4, -0.2) is 34.5 Å². The molecule has 0 aromatic carbocycles. The molecule has 0 aromatic rings. The molecule has 2 aliphatic carbocycles. The molecule has 3 rings (SSSR count). The lowest BCUT2D eigenvalue weighted by Gasteiger charge is -2.38. The molecular formula is C15H23NO3. The van der Waals surface area contributed by atoms with Crippen molar-refractivity contribution in [3.63, 3.8) is 0 Å². The third-order valence-electron chi connectivity index (χ3n) is 5.44. The Hall–Kier alpha value is -1.06. The molecule has 4 heteroatoms. The van der Waals surface area contributed by atoms with Crippen LogP contribution in [0, 0.1) is 17.8 Å². The normalized spacial score (nSPS) is 35.4. The minimum Gasteiger partial charge on any atom is -0.481 e. The maximum absolute atomic E-state index is 12.6. The van der Waals surface area contributed by atoms with Crippen molar-refractivity contribution in [3.8, 4) is 0 Å². The van der Waals surface area contributed by atoms with Gasteiger partial charge in [-0.05, 0) is 44.4 Å². The highest BCUT2D eigenvalue weighted by atomic mass is 16.4. The Kier molecular flexibility index (Phi) is 3.50. The van der Waals surface area contributed by atoms with Gasteiger partial charge in [0.25, 0.3) is 0 Å². The summed E-state index contributed by atoms with van der Waals surface area (Å²) in [6.45, 7) is 0.850. The van der Waals surface area contributed by atoms with Gasteiger partial charge in [-0.25, -0.2) is 0 Å². The van der Waals surface area contributed by atoms with E-state index in [4.69, 9.17) is 5.11 Å².